The van der Waals surface area contributed by atoms with Crippen LogP contribution < -0.4 is 10.6 Å². The summed E-state index contributed by atoms with van der Waals surface area (Å²) in [4.78, 5) is 25.2. The van der Waals surface area contributed by atoms with Crippen LogP contribution >= 0.6 is 0 Å². The lowest BCUT2D eigenvalue weighted by Crippen LogP contribution is -2.38. The molecule has 1 fully saturated rings. The second-order valence-corrected chi connectivity index (χ2v) is 5.01. The van der Waals surface area contributed by atoms with Crippen LogP contribution in [0.2, 0.25) is 0 Å². The van der Waals surface area contributed by atoms with E-state index in [4.69, 9.17) is 4.74 Å². The zero-order valence-electron chi connectivity index (χ0n) is 12.2. The summed E-state index contributed by atoms with van der Waals surface area (Å²) in [5, 5.41) is 5.54. The van der Waals surface area contributed by atoms with E-state index in [0.717, 1.165) is 32.8 Å². The molecule has 1 aliphatic rings. The van der Waals surface area contributed by atoms with Crippen molar-refractivity contribution < 1.29 is 14.3 Å². The molecule has 0 bridgehead atoms. The van der Waals surface area contributed by atoms with Gasteiger partial charge in [-0.1, -0.05) is 6.07 Å². The first-order valence-electron chi connectivity index (χ1n) is 7.11. The number of hydrogen-bond acceptors (Lipinski definition) is 4. The molecule has 0 spiro atoms. The smallest absolute Gasteiger partial charge is 0.225 e. The zero-order chi connectivity index (χ0) is 15.1. The van der Waals surface area contributed by atoms with Crippen LogP contribution in [0.4, 0.5) is 11.4 Å². The predicted molar refractivity (Wildman–Crippen MR) is 81.3 cm³/mol. The van der Waals surface area contributed by atoms with Crippen molar-refractivity contribution in [2.75, 3.05) is 43.5 Å². The molecule has 0 saturated carbocycles. The summed E-state index contributed by atoms with van der Waals surface area (Å²) in [5.74, 6) is -0.160. The lowest BCUT2D eigenvalue weighted by atomic mass is 10.2. The summed E-state index contributed by atoms with van der Waals surface area (Å²) < 4.78 is 5.27. The first-order chi connectivity index (χ1) is 10.1. The second kappa shape index (κ2) is 7.75. The predicted octanol–water partition coefficient (Wildman–Crippen LogP) is 1.31. The van der Waals surface area contributed by atoms with Gasteiger partial charge >= 0.3 is 0 Å². The number of rotatable bonds is 5. The molecule has 0 radical (unpaired) electrons. The molecule has 1 aromatic carbocycles. The minimum Gasteiger partial charge on any atom is -0.379 e. The summed E-state index contributed by atoms with van der Waals surface area (Å²) in [6, 6.07) is 7.12. The SMILES string of the molecule is CC(=O)Nc1cccc(NC(=O)CCN2CCOCC2)c1. The third kappa shape index (κ3) is 5.53. The Balaban J connectivity index is 1.80. The minimum atomic E-state index is -0.134. The lowest BCUT2D eigenvalue weighted by Gasteiger charge is -2.26. The topological polar surface area (TPSA) is 70.7 Å². The molecule has 0 aliphatic carbocycles. The summed E-state index contributed by atoms with van der Waals surface area (Å²) in [6.45, 7) is 5.42. The maximum atomic E-state index is 11.9. The number of benzene rings is 1. The fourth-order valence-electron chi connectivity index (χ4n) is 2.19. The number of amides is 2. The van der Waals surface area contributed by atoms with Crippen molar-refractivity contribution in [3.05, 3.63) is 24.3 Å². The van der Waals surface area contributed by atoms with Crippen molar-refractivity contribution in [1.29, 1.82) is 0 Å². The largest absolute Gasteiger partial charge is 0.379 e. The Hall–Kier alpha value is -1.92. The van der Waals surface area contributed by atoms with Crippen LogP contribution in [0.1, 0.15) is 13.3 Å². The average Bonchev–Trinajstić information content (AvgIpc) is 2.46. The van der Waals surface area contributed by atoms with E-state index in [9.17, 15) is 9.59 Å². The molecule has 114 valence electrons. The lowest BCUT2D eigenvalue weighted by molar-refractivity contribution is -0.117. The molecule has 6 nitrogen and oxygen atoms in total. The van der Waals surface area contributed by atoms with Crippen LogP contribution in [-0.2, 0) is 14.3 Å². The highest BCUT2D eigenvalue weighted by Gasteiger charge is 2.12. The molecule has 0 atom stereocenters. The molecule has 1 heterocycles. The Kier molecular flexibility index (Phi) is 5.71. The molecule has 21 heavy (non-hydrogen) atoms. The van der Waals surface area contributed by atoms with E-state index in [1.54, 1.807) is 24.3 Å². The van der Waals surface area contributed by atoms with Gasteiger partial charge in [0.1, 0.15) is 0 Å². The van der Waals surface area contributed by atoms with Gasteiger partial charge in [-0.25, -0.2) is 0 Å². The molecule has 2 amide bonds. The number of nitrogens with zero attached hydrogens (tertiary/aromatic N) is 1. The van der Waals surface area contributed by atoms with Gasteiger partial charge in [-0.3, -0.25) is 14.5 Å². The van der Waals surface area contributed by atoms with E-state index < -0.39 is 0 Å². The fourth-order valence-corrected chi connectivity index (χ4v) is 2.19. The number of ether oxygens (including phenoxy) is 1. The van der Waals surface area contributed by atoms with Crippen LogP contribution in [0.5, 0.6) is 0 Å². The van der Waals surface area contributed by atoms with Crippen LogP contribution in [0, 0.1) is 0 Å². The number of nitrogens with one attached hydrogen (secondary N) is 2. The Morgan fingerprint density at radius 1 is 1.19 bits per heavy atom. The van der Waals surface area contributed by atoms with Gasteiger partial charge < -0.3 is 15.4 Å². The third-order valence-electron chi connectivity index (χ3n) is 3.23. The van der Waals surface area contributed by atoms with Crippen molar-refractivity contribution >= 4 is 23.2 Å². The van der Waals surface area contributed by atoms with Crippen molar-refractivity contribution in [2.45, 2.75) is 13.3 Å². The maximum Gasteiger partial charge on any atom is 0.225 e. The van der Waals surface area contributed by atoms with Crippen LogP contribution in [0.15, 0.2) is 24.3 Å². The Morgan fingerprint density at radius 2 is 1.86 bits per heavy atom. The van der Waals surface area contributed by atoms with Gasteiger partial charge in [0.05, 0.1) is 13.2 Å². The monoisotopic (exact) mass is 291 g/mol. The first-order valence-corrected chi connectivity index (χ1v) is 7.11. The van der Waals surface area contributed by atoms with Crippen LogP contribution in [-0.4, -0.2) is 49.6 Å². The van der Waals surface area contributed by atoms with Crippen LogP contribution in [0.3, 0.4) is 0 Å². The molecule has 6 heteroatoms. The number of hydrogen-bond donors (Lipinski definition) is 2. The van der Waals surface area contributed by atoms with Crippen molar-refractivity contribution in [2.24, 2.45) is 0 Å². The Labute approximate surface area is 124 Å². The molecule has 0 aromatic heterocycles. The normalized spacial score (nSPS) is 15.5. The molecule has 1 saturated heterocycles. The molecule has 1 aliphatic heterocycles. The third-order valence-corrected chi connectivity index (χ3v) is 3.23. The summed E-state index contributed by atoms with van der Waals surface area (Å²) >= 11 is 0. The van der Waals surface area contributed by atoms with Gasteiger partial charge in [0.25, 0.3) is 0 Å². The summed E-state index contributed by atoms with van der Waals surface area (Å²) in [6.07, 6.45) is 0.449. The Bertz CT molecular complexity index is 499. The molecular weight excluding hydrogens is 270 g/mol. The maximum absolute atomic E-state index is 11.9. The number of anilines is 2. The van der Waals surface area contributed by atoms with Gasteiger partial charge in [0.2, 0.25) is 11.8 Å². The van der Waals surface area contributed by atoms with Crippen molar-refractivity contribution in [3.63, 3.8) is 0 Å². The van der Waals surface area contributed by atoms with Gasteiger partial charge in [0.15, 0.2) is 0 Å². The van der Waals surface area contributed by atoms with Crippen LogP contribution in [0.25, 0.3) is 0 Å². The standard InChI is InChI=1S/C15H21N3O3/c1-12(19)16-13-3-2-4-14(11-13)17-15(20)5-6-18-7-9-21-10-8-18/h2-4,11H,5-10H2,1H3,(H,16,19)(H,17,20). The highest BCUT2D eigenvalue weighted by molar-refractivity contribution is 5.93. The summed E-state index contributed by atoms with van der Waals surface area (Å²) in [7, 11) is 0. The highest BCUT2D eigenvalue weighted by atomic mass is 16.5. The Morgan fingerprint density at radius 3 is 2.52 bits per heavy atom. The number of morpholine rings is 1. The molecule has 2 N–H and O–H groups in total. The summed E-state index contributed by atoms with van der Waals surface area (Å²) in [5.41, 5.74) is 1.36. The fraction of sp³-hybridized carbons (Fsp3) is 0.467. The van der Waals surface area contributed by atoms with E-state index in [2.05, 4.69) is 15.5 Å². The molecular formula is C15H21N3O3. The van der Waals surface area contributed by atoms with E-state index in [1.165, 1.54) is 6.92 Å². The molecule has 0 unspecified atom stereocenters. The first kappa shape index (κ1) is 15.5. The van der Waals surface area contributed by atoms with E-state index >= 15 is 0 Å². The van der Waals surface area contributed by atoms with E-state index in [-0.39, 0.29) is 11.8 Å². The number of carbonyl (C=O) groups excluding carboxylic acids is 2. The highest BCUT2D eigenvalue weighted by Crippen LogP contribution is 2.15. The average molecular weight is 291 g/mol. The van der Waals surface area contributed by atoms with E-state index in [0.29, 0.717) is 17.8 Å². The molecule has 1 aromatic rings. The minimum absolute atomic E-state index is 0.0264. The zero-order valence-corrected chi connectivity index (χ0v) is 12.2. The van der Waals surface area contributed by atoms with Gasteiger partial charge in [-0.05, 0) is 18.2 Å². The van der Waals surface area contributed by atoms with Crippen molar-refractivity contribution in [3.8, 4) is 0 Å². The second-order valence-electron chi connectivity index (χ2n) is 5.01. The van der Waals surface area contributed by atoms with Gasteiger partial charge in [-0.15, -0.1) is 0 Å². The number of carbonyl (C=O) groups is 2. The van der Waals surface area contributed by atoms with Gasteiger partial charge in [-0.2, -0.15) is 0 Å². The molecule has 2 rings (SSSR count). The quantitative estimate of drug-likeness (QED) is 0.858. The van der Waals surface area contributed by atoms with E-state index in [1.807, 2.05) is 0 Å². The van der Waals surface area contributed by atoms with Crippen molar-refractivity contribution in [1.82, 2.24) is 4.90 Å². The van der Waals surface area contributed by atoms with Gasteiger partial charge in [0, 0.05) is 44.4 Å².